The van der Waals surface area contributed by atoms with Gasteiger partial charge in [-0.1, -0.05) is 13.8 Å². The predicted octanol–water partition coefficient (Wildman–Crippen LogP) is 4.03. The number of fused-ring (bicyclic) bond motifs is 4. The van der Waals surface area contributed by atoms with Crippen molar-refractivity contribution in [1.82, 2.24) is 41.0 Å². The van der Waals surface area contributed by atoms with Crippen LogP contribution in [0.3, 0.4) is 0 Å². The van der Waals surface area contributed by atoms with E-state index in [0.29, 0.717) is 54.5 Å². The number of benzene rings is 2. The molecule has 2 saturated heterocycles. The minimum absolute atomic E-state index is 0.0402. The van der Waals surface area contributed by atoms with Gasteiger partial charge in [-0.15, -0.1) is 0 Å². The number of aromatic nitrogens is 2. The van der Waals surface area contributed by atoms with Crippen molar-refractivity contribution in [2.75, 3.05) is 20.6 Å². The van der Waals surface area contributed by atoms with Crippen LogP contribution in [-0.4, -0.2) is 118 Å². The smallest absolute Gasteiger partial charge is 0.245 e. The quantitative estimate of drug-likeness (QED) is 0.0949. The Morgan fingerprint density at radius 2 is 1.31 bits per heavy atom. The first-order valence-electron chi connectivity index (χ1n) is 21.1. The first kappa shape index (κ1) is 42.3. The van der Waals surface area contributed by atoms with E-state index in [4.69, 9.17) is 0 Å². The molecule has 7 rings (SSSR count). The Labute approximate surface area is 343 Å². The second-order valence-electron chi connectivity index (χ2n) is 16.8. The summed E-state index contributed by atoms with van der Waals surface area (Å²) in [4.78, 5) is 64.9. The van der Waals surface area contributed by atoms with Gasteiger partial charge in [-0.3, -0.25) is 19.2 Å². The molecule has 9 atom stereocenters. The third-order valence-electron chi connectivity index (χ3n) is 13.2. The maximum absolute atomic E-state index is 14.9. The highest BCUT2D eigenvalue weighted by Gasteiger charge is 2.49. The highest BCUT2D eigenvalue weighted by atomic mass is 19.1. The number of likely N-dealkylation sites (tertiary alicyclic amines) is 2. The van der Waals surface area contributed by atoms with Crippen molar-refractivity contribution in [2.24, 2.45) is 5.92 Å². The molecule has 318 valence electrons. The summed E-state index contributed by atoms with van der Waals surface area (Å²) in [6, 6.07) is 6.08. The topological polar surface area (TPSA) is 175 Å². The molecule has 0 spiro atoms. The number of hydrogen-bond donors (Lipinski definition) is 7. The number of nitrogens with zero attached hydrogens (tertiary/aromatic N) is 2. The first-order chi connectivity index (χ1) is 28.3. The summed E-state index contributed by atoms with van der Waals surface area (Å²) in [6.45, 7) is 7.28. The van der Waals surface area contributed by atoms with Gasteiger partial charge in [-0.25, -0.2) is 8.78 Å². The molecule has 2 bridgehead atoms. The number of halogens is 2. The second kappa shape index (κ2) is 17.4. The Kier molecular flexibility index (Phi) is 12.5. The molecule has 2 unspecified atom stereocenters. The van der Waals surface area contributed by atoms with Crippen LogP contribution in [0.1, 0.15) is 77.3 Å². The van der Waals surface area contributed by atoms with Crippen molar-refractivity contribution in [1.29, 1.82) is 0 Å². The fraction of sp³-hybridized carbons (Fsp3) is 0.545. The average Bonchev–Trinajstić information content (AvgIpc) is 4.06. The van der Waals surface area contributed by atoms with Crippen LogP contribution in [0.25, 0.3) is 33.2 Å². The maximum Gasteiger partial charge on any atom is 0.245 e. The van der Waals surface area contributed by atoms with Gasteiger partial charge < -0.3 is 46.1 Å². The molecule has 1 aliphatic carbocycles. The summed E-state index contributed by atoms with van der Waals surface area (Å²) in [5, 5.41) is 24.2. The molecule has 7 N–H and O–H groups in total. The molecule has 4 aromatic rings. The van der Waals surface area contributed by atoms with Gasteiger partial charge in [0.2, 0.25) is 23.6 Å². The second-order valence-corrected chi connectivity index (χ2v) is 16.8. The van der Waals surface area contributed by atoms with E-state index in [-0.39, 0.29) is 48.2 Å². The van der Waals surface area contributed by atoms with Crippen molar-refractivity contribution in [3.63, 3.8) is 0 Å². The van der Waals surface area contributed by atoms with Crippen molar-refractivity contribution in [3.8, 4) is 11.4 Å². The average molecular weight is 817 g/mol. The van der Waals surface area contributed by atoms with E-state index >= 15 is 0 Å². The van der Waals surface area contributed by atoms with Crippen LogP contribution in [0.15, 0.2) is 36.4 Å². The number of rotatable bonds is 15. The van der Waals surface area contributed by atoms with Crippen molar-refractivity contribution < 1.29 is 33.1 Å². The Bertz CT molecular complexity index is 2220. The van der Waals surface area contributed by atoms with Crippen molar-refractivity contribution in [2.45, 2.75) is 127 Å². The Morgan fingerprint density at radius 1 is 0.780 bits per heavy atom. The molecule has 13 nitrogen and oxygen atoms in total. The van der Waals surface area contributed by atoms with Gasteiger partial charge in [0.25, 0.3) is 0 Å². The van der Waals surface area contributed by atoms with Crippen LogP contribution in [-0.2, 0) is 32.0 Å². The van der Waals surface area contributed by atoms with Crippen LogP contribution in [0, 0.1) is 17.6 Å². The molecule has 0 radical (unpaired) electrons. The van der Waals surface area contributed by atoms with E-state index in [1.165, 1.54) is 24.3 Å². The summed E-state index contributed by atoms with van der Waals surface area (Å²) in [6.07, 6.45) is 3.75. The highest BCUT2D eigenvalue weighted by Crippen LogP contribution is 2.46. The van der Waals surface area contributed by atoms with E-state index in [1.54, 1.807) is 45.0 Å². The van der Waals surface area contributed by atoms with Crippen LogP contribution < -0.4 is 21.3 Å². The largest absolute Gasteiger partial charge is 0.391 e. The number of nitrogens with one attached hydrogen (secondary N) is 6. The van der Waals surface area contributed by atoms with E-state index in [0.717, 1.165) is 41.2 Å². The number of β-amino-alcohol motifs (C(OH)–C–C–N with tert-alkyl or cyclic N) is 1. The standard InChI is InChI=1S/C44H58F2N8O5/c1-7-34(51-41(56)22(3)47-5)43(58)53-21-29(55)18-28(53)19-32-30-13-10-25(45)16-36(30)49-39(32)40-33(31-14-11-26(46)17-37(31)50-40)20-38-24-9-12-27(15-24)54(38)44(59)35(8-2)52-42(57)23(4)48-6/h10-11,13-14,16-17,22-24,27-29,34-35,38,47-50,55H,7-9,12,15,18-21H2,1-6H3,(H,51,56)(H,52,57)/t22-,23-,24?,27?,28-,29-,34-,35-,38+/m0/s1. The van der Waals surface area contributed by atoms with Gasteiger partial charge in [-0.2, -0.15) is 0 Å². The number of H-pyrrole nitrogens is 2. The summed E-state index contributed by atoms with van der Waals surface area (Å²) >= 11 is 0. The van der Waals surface area contributed by atoms with Gasteiger partial charge in [0.15, 0.2) is 0 Å². The third kappa shape index (κ3) is 8.21. The number of aliphatic hydroxyl groups excluding tert-OH is 1. The number of carbonyl (C=O) groups excluding carboxylic acids is 4. The lowest BCUT2D eigenvalue weighted by atomic mass is 9.89. The molecular formula is C44H58F2N8O5. The third-order valence-corrected chi connectivity index (χ3v) is 13.2. The number of likely N-dealkylation sites (N-methyl/N-ethyl adjacent to an activating group) is 2. The molecule has 3 fully saturated rings. The normalized spacial score (nSPS) is 23.5. The highest BCUT2D eigenvalue weighted by molar-refractivity contribution is 5.97. The summed E-state index contributed by atoms with van der Waals surface area (Å²) in [5.41, 5.74) is 4.09. The number of aliphatic hydroxyl groups is 1. The fourth-order valence-electron chi connectivity index (χ4n) is 9.72. The number of hydrogen-bond acceptors (Lipinski definition) is 7. The van der Waals surface area contributed by atoms with Gasteiger partial charge >= 0.3 is 0 Å². The molecule has 2 aromatic carbocycles. The maximum atomic E-state index is 14.9. The first-order valence-corrected chi connectivity index (χ1v) is 21.1. The van der Waals surface area contributed by atoms with E-state index < -0.39 is 47.9 Å². The van der Waals surface area contributed by atoms with Crippen molar-refractivity contribution >= 4 is 45.4 Å². The number of piperidine rings is 1. The fourth-order valence-corrected chi connectivity index (χ4v) is 9.72. The Morgan fingerprint density at radius 3 is 1.83 bits per heavy atom. The molecule has 4 amide bonds. The molecule has 4 heterocycles. The van der Waals surface area contributed by atoms with Crippen molar-refractivity contribution in [3.05, 3.63) is 59.2 Å². The van der Waals surface area contributed by atoms with E-state index in [9.17, 15) is 33.1 Å². The predicted molar refractivity (Wildman–Crippen MR) is 222 cm³/mol. The molecule has 59 heavy (non-hydrogen) atoms. The lowest BCUT2D eigenvalue weighted by molar-refractivity contribution is -0.140. The Balaban J connectivity index is 1.28. The van der Waals surface area contributed by atoms with E-state index in [2.05, 4.69) is 31.2 Å². The van der Waals surface area contributed by atoms with Gasteiger partial charge in [-0.05, 0) is 133 Å². The number of carbonyl (C=O) groups is 4. The van der Waals surface area contributed by atoms with Gasteiger partial charge in [0.1, 0.15) is 23.7 Å². The van der Waals surface area contributed by atoms with Crippen LogP contribution in [0.5, 0.6) is 0 Å². The SMILES string of the molecule is CC[C@H](NC(=O)[C@H](C)NC)C(=O)N1C[C@@H](O)C[C@H]1Cc1c(-c2[nH]c3cc(F)ccc3c2C[C@@H]2C3CCC(C3)N2C(=O)[C@H](CC)NC(=O)[C@H](C)NC)[nH]c2cc(F)ccc12. The molecular weight excluding hydrogens is 759 g/mol. The Hall–Kier alpha value is -4.86. The van der Waals surface area contributed by atoms with Crippen LogP contribution >= 0.6 is 0 Å². The summed E-state index contributed by atoms with van der Waals surface area (Å²) in [5.74, 6) is -1.57. The summed E-state index contributed by atoms with van der Waals surface area (Å²) < 4.78 is 29.8. The minimum Gasteiger partial charge on any atom is -0.391 e. The van der Waals surface area contributed by atoms with Gasteiger partial charge in [0, 0.05) is 46.5 Å². The monoisotopic (exact) mass is 816 g/mol. The number of amides is 4. The molecule has 2 aromatic heterocycles. The van der Waals surface area contributed by atoms with Crippen LogP contribution in [0.2, 0.25) is 0 Å². The van der Waals surface area contributed by atoms with Gasteiger partial charge in [0.05, 0.1) is 29.6 Å². The zero-order valence-electron chi connectivity index (χ0n) is 34.8. The molecule has 15 heteroatoms. The molecule has 3 aliphatic rings. The number of aromatic amines is 2. The molecule has 1 saturated carbocycles. The lowest BCUT2D eigenvalue weighted by Gasteiger charge is -2.38. The minimum atomic E-state index is -0.794. The zero-order valence-corrected chi connectivity index (χ0v) is 34.8. The lowest BCUT2D eigenvalue weighted by Crippen LogP contribution is -2.56. The van der Waals surface area contributed by atoms with E-state index in [1.807, 2.05) is 18.7 Å². The molecule has 2 aliphatic heterocycles. The summed E-state index contributed by atoms with van der Waals surface area (Å²) in [7, 11) is 3.37. The zero-order chi connectivity index (χ0) is 42.3. The van der Waals surface area contributed by atoms with Crippen LogP contribution in [0.4, 0.5) is 8.78 Å².